The zero-order chi connectivity index (χ0) is 35.8. The van der Waals surface area contributed by atoms with Crippen LogP contribution in [0.15, 0.2) is 84.2 Å². The first kappa shape index (κ1) is 39.9. The number of nitrogens with zero attached hydrogens (tertiary/aromatic N) is 1. The van der Waals surface area contributed by atoms with E-state index in [0.717, 1.165) is 19.4 Å². The van der Waals surface area contributed by atoms with E-state index in [4.69, 9.17) is 4.43 Å². The average molecular weight is 708 g/mol. The number of unbranched alkanes of at least 4 members (excludes halogenated alkanes) is 7. The molecule has 0 unspecified atom stereocenters. The summed E-state index contributed by atoms with van der Waals surface area (Å²) in [6, 6.07) is 29.8. The molecule has 0 fully saturated rings. The fraction of sp³-hybridized carbons (Fsp3) is 0.478. The van der Waals surface area contributed by atoms with Crippen molar-refractivity contribution in [3.05, 3.63) is 111 Å². The summed E-state index contributed by atoms with van der Waals surface area (Å²) < 4.78 is 6.38. The van der Waals surface area contributed by atoms with Gasteiger partial charge in [-0.25, -0.2) is 0 Å². The molecule has 4 rings (SSSR count). The smallest absolute Gasteiger partial charge is 0.191 e. The van der Waals surface area contributed by atoms with Gasteiger partial charge in [0, 0.05) is 28.5 Å². The number of hydrogen-bond acceptors (Lipinski definition) is 3. The summed E-state index contributed by atoms with van der Waals surface area (Å²) in [5.74, 6) is 0. The van der Waals surface area contributed by atoms with Gasteiger partial charge in [0.15, 0.2) is 8.32 Å². The molecular weight excluding hydrogens is 643 g/mol. The van der Waals surface area contributed by atoms with E-state index in [0.29, 0.717) is 0 Å². The van der Waals surface area contributed by atoms with Gasteiger partial charge in [-0.05, 0) is 139 Å². The molecule has 0 bridgehead atoms. The summed E-state index contributed by atoms with van der Waals surface area (Å²) in [6.45, 7) is 17.1. The summed E-state index contributed by atoms with van der Waals surface area (Å²) >= 11 is 1.85. The van der Waals surface area contributed by atoms with Gasteiger partial charge in [0.25, 0.3) is 0 Å². The van der Waals surface area contributed by atoms with Gasteiger partial charge >= 0.3 is 0 Å². The van der Waals surface area contributed by atoms with Crippen LogP contribution >= 0.6 is 11.3 Å². The molecule has 0 aliphatic rings. The van der Waals surface area contributed by atoms with Gasteiger partial charge in [0.1, 0.15) is 0 Å². The van der Waals surface area contributed by atoms with Crippen LogP contribution in [0.5, 0.6) is 0 Å². The third-order valence-corrected chi connectivity index (χ3v) is 15.9. The lowest BCUT2D eigenvalue weighted by molar-refractivity contribution is 0.277. The third-order valence-electron chi connectivity index (χ3n) is 10.4. The lowest BCUT2D eigenvalue weighted by atomic mass is 10.0. The fourth-order valence-electron chi connectivity index (χ4n) is 6.06. The van der Waals surface area contributed by atoms with Crippen LogP contribution in [0.25, 0.3) is 12.2 Å². The first-order valence-corrected chi connectivity index (χ1v) is 23.4. The molecule has 0 N–H and O–H groups in total. The number of aryl methyl sites for hydroxylation is 3. The lowest BCUT2D eigenvalue weighted by Gasteiger charge is -2.36. The van der Waals surface area contributed by atoms with E-state index in [1.54, 1.807) is 0 Å². The predicted molar refractivity (Wildman–Crippen MR) is 226 cm³/mol. The van der Waals surface area contributed by atoms with Gasteiger partial charge in [-0.15, -0.1) is 11.3 Å². The molecule has 0 saturated heterocycles. The predicted octanol–water partition coefficient (Wildman–Crippen LogP) is 15.0. The van der Waals surface area contributed by atoms with Crippen LogP contribution in [0.3, 0.4) is 0 Å². The summed E-state index contributed by atoms with van der Waals surface area (Å²) in [4.78, 5) is 3.73. The molecule has 3 aromatic carbocycles. The van der Waals surface area contributed by atoms with E-state index in [1.807, 2.05) is 11.3 Å². The fourth-order valence-corrected chi connectivity index (χ4v) is 7.99. The molecular formula is C46H65NOSSi. The van der Waals surface area contributed by atoms with Gasteiger partial charge in [-0.3, -0.25) is 0 Å². The largest absolute Gasteiger partial charge is 0.417 e. The Labute approximate surface area is 311 Å². The zero-order valence-electron chi connectivity index (χ0n) is 32.4. The van der Waals surface area contributed by atoms with Crippen molar-refractivity contribution >= 4 is 48.9 Å². The second-order valence-electron chi connectivity index (χ2n) is 15.6. The molecule has 0 amide bonds. The maximum Gasteiger partial charge on any atom is 0.191 e. The monoisotopic (exact) mass is 707 g/mol. The maximum atomic E-state index is 6.38. The molecule has 0 spiro atoms. The minimum absolute atomic E-state index is 0.287. The standard InChI is InChI=1S/C46H65NOSSi/c1-8-10-12-15-20-41-36-45(49-37-41)34-27-40-25-32-44(33-26-40)47(42-28-21-38(22-29-42)18-11-9-2)43-30-23-39(24-31-43)19-16-13-14-17-35-48-50(6,7)46(3,4)5/h21-34,36-37H,8-20,35H2,1-7H3/b34-27+. The van der Waals surface area contributed by atoms with Crippen molar-refractivity contribution in [3.63, 3.8) is 0 Å². The topological polar surface area (TPSA) is 12.5 Å². The highest BCUT2D eigenvalue weighted by atomic mass is 32.1. The van der Waals surface area contributed by atoms with Gasteiger partial charge in [0.2, 0.25) is 0 Å². The van der Waals surface area contributed by atoms with E-state index < -0.39 is 8.32 Å². The molecule has 2 nitrogen and oxygen atoms in total. The molecule has 4 aromatic rings. The van der Waals surface area contributed by atoms with Crippen LogP contribution in [-0.4, -0.2) is 14.9 Å². The van der Waals surface area contributed by atoms with Crippen molar-refractivity contribution in [1.29, 1.82) is 0 Å². The molecule has 1 aromatic heterocycles. The molecule has 4 heteroatoms. The van der Waals surface area contributed by atoms with Crippen molar-refractivity contribution < 1.29 is 4.43 Å². The van der Waals surface area contributed by atoms with Crippen LogP contribution < -0.4 is 4.90 Å². The number of hydrogen-bond donors (Lipinski definition) is 0. The van der Waals surface area contributed by atoms with Gasteiger partial charge in [-0.1, -0.05) is 116 Å². The van der Waals surface area contributed by atoms with E-state index >= 15 is 0 Å². The zero-order valence-corrected chi connectivity index (χ0v) is 34.2. The van der Waals surface area contributed by atoms with E-state index in [9.17, 15) is 0 Å². The highest BCUT2D eigenvalue weighted by molar-refractivity contribution is 7.11. The molecule has 0 saturated carbocycles. The molecule has 50 heavy (non-hydrogen) atoms. The summed E-state index contributed by atoms with van der Waals surface area (Å²) in [5, 5.41) is 2.62. The number of benzene rings is 3. The number of anilines is 3. The Morgan fingerprint density at radius 3 is 1.66 bits per heavy atom. The van der Waals surface area contributed by atoms with Crippen molar-refractivity contribution in [3.8, 4) is 0 Å². The Bertz CT molecular complexity index is 1540. The second-order valence-corrected chi connectivity index (χ2v) is 21.4. The van der Waals surface area contributed by atoms with Gasteiger partial charge in [-0.2, -0.15) is 0 Å². The summed E-state index contributed by atoms with van der Waals surface area (Å²) in [6.07, 6.45) is 20.6. The van der Waals surface area contributed by atoms with Crippen molar-refractivity contribution in [2.75, 3.05) is 11.5 Å². The van der Waals surface area contributed by atoms with Crippen LogP contribution in [0.1, 0.15) is 126 Å². The van der Waals surface area contributed by atoms with Crippen LogP contribution in [-0.2, 0) is 23.7 Å². The Hall–Kier alpha value is -2.92. The third kappa shape index (κ3) is 12.7. The molecule has 0 aliphatic carbocycles. The highest BCUT2D eigenvalue weighted by Crippen LogP contribution is 2.37. The quantitative estimate of drug-likeness (QED) is 0.0631. The second kappa shape index (κ2) is 20.2. The summed E-state index contributed by atoms with van der Waals surface area (Å²) in [7, 11) is -1.63. The molecule has 0 atom stereocenters. The Morgan fingerprint density at radius 1 is 0.600 bits per heavy atom. The molecule has 1 heterocycles. The lowest BCUT2D eigenvalue weighted by Crippen LogP contribution is -2.40. The van der Waals surface area contributed by atoms with Crippen molar-refractivity contribution in [2.24, 2.45) is 0 Å². The van der Waals surface area contributed by atoms with E-state index in [1.165, 1.54) is 115 Å². The Kier molecular flexibility index (Phi) is 16.1. The van der Waals surface area contributed by atoms with Gasteiger partial charge < -0.3 is 9.33 Å². The van der Waals surface area contributed by atoms with E-state index in [2.05, 4.69) is 149 Å². The SMILES string of the molecule is CCCCCCc1csc(/C=C/c2ccc(N(c3ccc(CCCC)cc3)c3ccc(CCCCCCO[Si](C)(C)C(C)(C)C)cc3)cc2)c1. The number of thiophene rings is 1. The van der Waals surface area contributed by atoms with E-state index in [-0.39, 0.29) is 5.04 Å². The average Bonchev–Trinajstić information content (AvgIpc) is 3.57. The molecule has 0 radical (unpaired) electrons. The minimum Gasteiger partial charge on any atom is -0.417 e. The minimum atomic E-state index is -1.63. The maximum absolute atomic E-state index is 6.38. The first-order valence-electron chi connectivity index (χ1n) is 19.6. The van der Waals surface area contributed by atoms with Crippen LogP contribution in [0.4, 0.5) is 17.1 Å². The highest BCUT2D eigenvalue weighted by Gasteiger charge is 2.36. The summed E-state index contributed by atoms with van der Waals surface area (Å²) in [5.41, 5.74) is 9.11. The van der Waals surface area contributed by atoms with Gasteiger partial charge in [0.05, 0.1) is 0 Å². The Balaban J connectivity index is 1.38. The molecule has 0 aliphatic heterocycles. The number of rotatable bonds is 21. The Morgan fingerprint density at radius 2 is 1.10 bits per heavy atom. The first-order chi connectivity index (χ1) is 24.1. The van der Waals surface area contributed by atoms with Crippen LogP contribution in [0.2, 0.25) is 18.1 Å². The van der Waals surface area contributed by atoms with Crippen molar-refractivity contribution in [2.45, 2.75) is 136 Å². The molecule has 270 valence electrons. The van der Waals surface area contributed by atoms with Crippen molar-refractivity contribution in [1.82, 2.24) is 0 Å². The van der Waals surface area contributed by atoms with Crippen LogP contribution in [0, 0.1) is 0 Å². The normalized spacial score (nSPS) is 12.2.